The molecule has 4 fully saturated rings. The van der Waals surface area contributed by atoms with Crippen molar-refractivity contribution in [3.05, 3.63) is 35.7 Å². The summed E-state index contributed by atoms with van der Waals surface area (Å²) in [5.41, 5.74) is 1.91. The molecule has 5 heteroatoms. The van der Waals surface area contributed by atoms with Crippen molar-refractivity contribution in [1.29, 1.82) is 0 Å². The highest BCUT2D eigenvalue weighted by Crippen LogP contribution is 2.60. The van der Waals surface area contributed by atoms with Gasteiger partial charge in [0.05, 0.1) is 6.54 Å². The number of hydrogen-bond donors (Lipinski definition) is 1. The maximum Gasteiger partial charge on any atom is 0.248 e. The molecule has 4 aliphatic rings. The van der Waals surface area contributed by atoms with Gasteiger partial charge in [-0.3, -0.25) is 4.79 Å². The molecule has 0 atom stereocenters. The molecule has 5 nitrogen and oxygen atoms in total. The van der Waals surface area contributed by atoms with Crippen molar-refractivity contribution in [2.45, 2.75) is 52.0 Å². The summed E-state index contributed by atoms with van der Waals surface area (Å²) < 4.78 is 5.78. The summed E-state index contributed by atoms with van der Waals surface area (Å²) in [6, 6.07) is 7.94. The number of aryl methyl sites for hydroxylation is 1. The zero-order valence-corrected chi connectivity index (χ0v) is 15.2. The van der Waals surface area contributed by atoms with Crippen LogP contribution in [-0.2, 0) is 11.3 Å². The molecule has 1 aromatic carbocycles. The Morgan fingerprint density at radius 3 is 2.42 bits per heavy atom. The fraction of sp³-hybridized carbons (Fsp3) is 0.571. The molecule has 4 aliphatic carbocycles. The van der Waals surface area contributed by atoms with E-state index in [-0.39, 0.29) is 11.3 Å². The highest BCUT2D eigenvalue weighted by molar-refractivity contribution is 5.83. The van der Waals surface area contributed by atoms with Gasteiger partial charge in [0.15, 0.2) is 0 Å². The number of benzene rings is 1. The highest BCUT2D eigenvalue weighted by atomic mass is 16.4. The third kappa shape index (κ3) is 2.65. The van der Waals surface area contributed by atoms with Crippen molar-refractivity contribution >= 4 is 5.91 Å². The molecule has 26 heavy (non-hydrogen) atoms. The number of rotatable bonds is 4. The van der Waals surface area contributed by atoms with Crippen LogP contribution in [0.3, 0.4) is 0 Å². The van der Waals surface area contributed by atoms with Crippen molar-refractivity contribution in [2.24, 2.45) is 23.2 Å². The van der Waals surface area contributed by atoms with Crippen LogP contribution in [0.2, 0.25) is 0 Å². The normalized spacial score (nSPS) is 32.0. The van der Waals surface area contributed by atoms with Gasteiger partial charge >= 0.3 is 0 Å². The van der Waals surface area contributed by atoms with Crippen LogP contribution >= 0.6 is 0 Å². The van der Waals surface area contributed by atoms with Crippen molar-refractivity contribution in [3.8, 4) is 11.5 Å². The summed E-state index contributed by atoms with van der Waals surface area (Å²) in [7, 11) is 0. The number of carbonyl (C=O) groups is 1. The van der Waals surface area contributed by atoms with E-state index < -0.39 is 0 Å². The largest absolute Gasteiger partial charge is 0.419 e. The van der Waals surface area contributed by atoms with Crippen LogP contribution < -0.4 is 5.32 Å². The van der Waals surface area contributed by atoms with E-state index in [1.807, 2.05) is 31.2 Å². The molecular weight excluding hydrogens is 326 g/mol. The van der Waals surface area contributed by atoms with Gasteiger partial charge in [0.25, 0.3) is 0 Å². The molecule has 1 amide bonds. The molecule has 0 saturated heterocycles. The van der Waals surface area contributed by atoms with Crippen LogP contribution in [0.4, 0.5) is 0 Å². The minimum absolute atomic E-state index is 0.131. The first-order valence-electron chi connectivity index (χ1n) is 9.78. The molecule has 4 bridgehead atoms. The molecule has 2 aromatic rings. The lowest BCUT2D eigenvalue weighted by Crippen LogP contribution is -2.53. The van der Waals surface area contributed by atoms with Gasteiger partial charge in [-0.05, 0) is 74.8 Å². The average molecular weight is 351 g/mol. The van der Waals surface area contributed by atoms with E-state index in [9.17, 15) is 4.79 Å². The number of amides is 1. The van der Waals surface area contributed by atoms with Crippen LogP contribution in [0.5, 0.6) is 0 Å². The van der Waals surface area contributed by atoms with Crippen molar-refractivity contribution in [2.75, 3.05) is 0 Å². The molecule has 0 aliphatic heterocycles. The minimum atomic E-state index is -0.131. The van der Waals surface area contributed by atoms with E-state index in [2.05, 4.69) is 15.5 Å². The molecule has 4 saturated carbocycles. The van der Waals surface area contributed by atoms with Gasteiger partial charge in [-0.15, -0.1) is 10.2 Å². The van der Waals surface area contributed by atoms with Gasteiger partial charge in [0.2, 0.25) is 17.7 Å². The third-order valence-corrected chi connectivity index (χ3v) is 6.76. The van der Waals surface area contributed by atoms with E-state index in [1.165, 1.54) is 19.3 Å². The van der Waals surface area contributed by atoms with Crippen LogP contribution in [0, 0.1) is 30.1 Å². The maximum atomic E-state index is 13.0. The molecule has 0 spiro atoms. The quantitative estimate of drug-likeness (QED) is 0.908. The van der Waals surface area contributed by atoms with E-state index in [0.29, 0.717) is 18.3 Å². The smallest absolute Gasteiger partial charge is 0.248 e. The van der Waals surface area contributed by atoms with Crippen molar-refractivity contribution in [1.82, 2.24) is 15.5 Å². The first-order valence-corrected chi connectivity index (χ1v) is 9.78. The van der Waals surface area contributed by atoms with Crippen molar-refractivity contribution < 1.29 is 9.21 Å². The second-order valence-corrected chi connectivity index (χ2v) is 8.70. The van der Waals surface area contributed by atoms with Gasteiger partial charge < -0.3 is 9.73 Å². The number of nitrogens with zero attached hydrogens (tertiary/aromatic N) is 2. The number of aromatic nitrogens is 2. The average Bonchev–Trinajstić information content (AvgIpc) is 3.07. The van der Waals surface area contributed by atoms with E-state index >= 15 is 0 Å². The predicted octanol–water partition coefficient (Wildman–Crippen LogP) is 3.88. The molecule has 6 rings (SSSR count). The Balaban J connectivity index is 1.27. The van der Waals surface area contributed by atoms with Gasteiger partial charge in [-0.1, -0.05) is 18.2 Å². The summed E-state index contributed by atoms with van der Waals surface area (Å²) in [4.78, 5) is 13.0. The minimum Gasteiger partial charge on any atom is -0.419 e. The van der Waals surface area contributed by atoms with Crippen LogP contribution in [-0.4, -0.2) is 16.1 Å². The summed E-state index contributed by atoms with van der Waals surface area (Å²) in [5, 5.41) is 11.4. The maximum absolute atomic E-state index is 13.0. The fourth-order valence-corrected chi connectivity index (χ4v) is 5.98. The Morgan fingerprint density at radius 1 is 1.12 bits per heavy atom. The summed E-state index contributed by atoms with van der Waals surface area (Å²) in [6.45, 7) is 2.34. The number of nitrogens with one attached hydrogen (secondary N) is 1. The van der Waals surface area contributed by atoms with Gasteiger partial charge in [-0.25, -0.2) is 0 Å². The Hall–Kier alpha value is -2.17. The van der Waals surface area contributed by atoms with Crippen molar-refractivity contribution in [3.63, 3.8) is 0 Å². The fourth-order valence-electron chi connectivity index (χ4n) is 5.98. The van der Waals surface area contributed by atoms with Crippen LogP contribution in [0.25, 0.3) is 11.5 Å². The van der Waals surface area contributed by atoms with E-state index in [1.54, 1.807) is 0 Å². The van der Waals surface area contributed by atoms with Gasteiger partial charge in [0, 0.05) is 11.0 Å². The second-order valence-electron chi connectivity index (χ2n) is 8.70. The SMILES string of the molecule is Cc1ccccc1-c1nnc(CNC(=O)C23CC4CC(CC(C4)C2)C3)o1. The zero-order valence-electron chi connectivity index (χ0n) is 15.2. The molecule has 0 radical (unpaired) electrons. The van der Waals surface area contributed by atoms with Gasteiger partial charge in [0.1, 0.15) is 0 Å². The summed E-state index contributed by atoms with van der Waals surface area (Å²) >= 11 is 0. The number of carbonyl (C=O) groups excluding carboxylic acids is 1. The molecule has 1 N–H and O–H groups in total. The molecule has 1 aromatic heterocycles. The molecule has 136 valence electrons. The monoisotopic (exact) mass is 351 g/mol. The first-order chi connectivity index (χ1) is 12.6. The Morgan fingerprint density at radius 2 is 1.77 bits per heavy atom. The predicted molar refractivity (Wildman–Crippen MR) is 96.9 cm³/mol. The molecule has 0 unspecified atom stereocenters. The molecular formula is C21H25N3O2. The van der Waals surface area contributed by atoms with Gasteiger partial charge in [-0.2, -0.15) is 0 Å². The van der Waals surface area contributed by atoms with E-state index in [4.69, 9.17) is 4.42 Å². The standard InChI is InChI=1S/C21H25N3O2/c1-13-4-2-3-5-17(13)19-24-23-18(26-19)12-22-20(25)21-9-14-6-15(10-21)8-16(7-14)11-21/h2-5,14-16H,6-12H2,1H3,(H,22,25). The zero-order chi connectivity index (χ0) is 17.7. The lowest BCUT2D eigenvalue weighted by Gasteiger charge is -2.55. The lowest BCUT2D eigenvalue weighted by atomic mass is 9.49. The third-order valence-electron chi connectivity index (χ3n) is 6.76. The Kier molecular flexibility index (Phi) is 3.66. The Bertz CT molecular complexity index is 806. The Labute approximate surface area is 153 Å². The summed E-state index contributed by atoms with van der Waals surface area (Å²) in [5.74, 6) is 3.49. The topological polar surface area (TPSA) is 68.0 Å². The first kappa shape index (κ1) is 16.0. The number of hydrogen-bond acceptors (Lipinski definition) is 4. The highest BCUT2D eigenvalue weighted by Gasteiger charge is 2.54. The summed E-state index contributed by atoms with van der Waals surface area (Å²) in [6.07, 6.45) is 7.25. The lowest BCUT2D eigenvalue weighted by molar-refractivity contribution is -0.146. The molecule has 1 heterocycles. The second kappa shape index (κ2) is 5.93. The van der Waals surface area contributed by atoms with Crippen LogP contribution in [0.15, 0.2) is 28.7 Å². The van der Waals surface area contributed by atoms with E-state index in [0.717, 1.165) is 48.1 Å². The van der Waals surface area contributed by atoms with Crippen LogP contribution in [0.1, 0.15) is 50.0 Å².